The normalized spacial score (nSPS) is 14.2. The van der Waals surface area contributed by atoms with Gasteiger partial charge in [0, 0.05) is 12.5 Å². The lowest BCUT2D eigenvalue weighted by Crippen LogP contribution is -2.28. The van der Waals surface area contributed by atoms with Crippen molar-refractivity contribution < 1.29 is 19.4 Å². The van der Waals surface area contributed by atoms with E-state index < -0.39 is 0 Å². The van der Waals surface area contributed by atoms with Gasteiger partial charge in [-0.1, -0.05) is 0 Å². The molecule has 5 nitrogen and oxygen atoms in total. The molecule has 0 bridgehead atoms. The van der Waals surface area contributed by atoms with Gasteiger partial charge < -0.3 is 19.4 Å². The predicted molar refractivity (Wildman–Crippen MR) is 78.3 cm³/mol. The third kappa shape index (κ3) is 2.07. The Balaban J connectivity index is 2.57. The van der Waals surface area contributed by atoms with E-state index in [1.54, 1.807) is 25.1 Å². The first-order valence-corrected chi connectivity index (χ1v) is 6.45. The molecule has 21 heavy (non-hydrogen) atoms. The first kappa shape index (κ1) is 13.3. The highest BCUT2D eigenvalue weighted by Crippen LogP contribution is 2.19. The number of aromatic hydroxyl groups is 1. The smallest absolute Gasteiger partial charge is 0.196 e. The maximum atomic E-state index is 12.1. The fraction of sp³-hybridized carbons (Fsp3) is 0.188. The molecule has 0 aliphatic heterocycles. The number of fused-ring (bicyclic) bond motifs is 2. The second kappa shape index (κ2) is 4.70. The van der Waals surface area contributed by atoms with E-state index in [2.05, 4.69) is 0 Å². The van der Waals surface area contributed by atoms with Gasteiger partial charge >= 0.3 is 0 Å². The minimum atomic E-state index is -0.342. The van der Waals surface area contributed by atoms with E-state index >= 15 is 0 Å². The summed E-state index contributed by atoms with van der Waals surface area (Å²) in [5, 5.41) is 21.4. The van der Waals surface area contributed by atoms with Crippen molar-refractivity contribution in [1.29, 1.82) is 0 Å². The highest BCUT2D eigenvalue weighted by atomic mass is 16.5. The number of hydrogen-bond acceptors (Lipinski definition) is 5. The fourth-order valence-electron chi connectivity index (χ4n) is 2.51. The van der Waals surface area contributed by atoms with Crippen LogP contribution in [-0.2, 0) is 4.74 Å². The number of aliphatic hydroxyl groups is 1. The molecule has 0 unspecified atom stereocenters. The number of hydrogen-bond donors (Lipinski definition) is 2. The van der Waals surface area contributed by atoms with E-state index in [-0.39, 0.29) is 39.5 Å². The molecule has 0 fully saturated rings. The number of phenols is 1. The Kier molecular flexibility index (Phi) is 2.97. The van der Waals surface area contributed by atoms with Crippen molar-refractivity contribution in [1.82, 2.24) is 0 Å². The topological polar surface area (TPSA) is 79.9 Å². The molecule has 1 aliphatic rings. The van der Waals surface area contributed by atoms with Gasteiger partial charge in [-0.2, -0.15) is 0 Å². The Morgan fingerprint density at radius 2 is 2.05 bits per heavy atom. The summed E-state index contributed by atoms with van der Waals surface area (Å²) in [7, 11) is 1.52. The first-order valence-electron chi connectivity index (χ1n) is 6.45. The number of benzene rings is 1. The second-order valence-electron chi connectivity index (χ2n) is 4.89. The Bertz CT molecular complexity index is 947. The molecule has 1 aliphatic carbocycles. The summed E-state index contributed by atoms with van der Waals surface area (Å²) in [6.07, 6.45) is 3.59. The number of aliphatic hydroxyl groups excluding tert-OH is 1. The zero-order valence-corrected chi connectivity index (χ0v) is 11.6. The molecule has 0 saturated heterocycles. The molecule has 3 rings (SSSR count). The fourth-order valence-corrected chi connectivity index (χ4v) is 2.51. The lowest BCUT2D eigenvalue weighted by Gasteiger charge is -2.04. The van der Waals surface area contributed by atoms with Crippen molar-refractivity contribution in [2.75, 3.05) is 7.11 Å². The highest BCUT2D eigenvalue weighted by Gasteiger charge is 2.14. The molecule has 0 amide bonds. The zero-order chi connectivity index (χ0) is 15.1. The quantitative estimate of drug-likeness (QED) is 0.823. The summed E-state index contributed by atoms with van der Waals surface area (Å²) in [4.78, 5) is 12.1. The molecule has 0 saturated carbocycles. The van der Waals surface area contributed by atoms with Crippen molar-refractivity contribution >= 4 is 22.8 Å². The van der Waals surface area contributed by atoms with Gasteiger partial charge in [0.2, 0.25) is 0 Å². The summed E-state index contributed by atoms with van der Waals surface area (Å²) in [5.41, 5.74) is -0.0660. The summed E-state index contributed by atoms with van der Waals surface area (Å²) < 4.78 is 10.7. The monoisotopic (exact) mass is 286 g/mol. The van der Waals surface area contributed by atoms with Gasteiger partial charge in [0.25, 0.3) is 0 Å². The number of ether oxygens (including phenoxy) is 1. The van der Waals surface area contributed by atoms with E-state index in [1.165, 1.54) is 13.2 Å². The molecule has 5 heteroatoms. The van der Waals surface area contributed by atoms with Crippen LogP contribution in [0.15, 0.2) is 33.2 Å². The van der Waals surface area contributed by atoms with Crippen LogP contribution in [0, 0.1) is 6.92 Å². The van der Waals surface area contributed by atoms with Crippen molar-refractivity contribution in [3.8, 4) is 5.75 Å². The van der Waals surface area contributed by atoms with E-state index in [9.17, 15) is 15.0 Å². The summed E-state index contributed by atoms with van der Waals surface area (Å²) in [6.45, 7) is 1.66. The van der Waals surface area contributed by atoms with Crippen LogP contribution in [0.5, 0.6) is 5.75 Å². The van der Waals surface area contributed by atoms with Gasteiger partial charge in [-0.25, -0.2) is 0 Å². The number of allylic oxidation sites excluding steroid dienone is 1. The van der Waals surface area contributed by atoms with Crippen molar-refractivity contribution in [2.45, 2.75) is 13.3 Å². The Labute approximate surface area is 119 Å². The average Bonchev–Trinajstić information content (AvgIpc) is 2.57. The van der Waals surface area contributed by atoms with Crippen molar-refractivity contribution in [3.63, 3.8) is 0 Å². The predicted octanol–water partition coefficient (Wildman–Crippen LogP) is 1.19. The summed E-state index contributed by atoms with van der Waals surface area (Å²) in [5.74, 6) is 0.730. The van der Waals surface area contributed by atoms with Crippen LogP contribution < -0.4 is 15.9 Å². The molecule has 0 spiro atoms. The summed E-state index contributed by atoms with van der Waals surface area (Å²) in [6, 6.07) is 2.93. The van der Waals surface area contributed by atoms with Gasteiger partial charge in [-0.15, -0.1) is 0 Å². The maximum Gasteiger partial charge on any atom is 0.196 e. The SMILES string of the molecule is COC1=CCC(O)=c2c(O)c3c(=O)cc(C)oc3cc2=C1. The van der Waals surface area contributed by atoms with Crippen molar-refractivity contribution in [3.05, 3.63) is 50.4 Å². The lowest BCUT2D eigenvalue weighted by atomic mass is 10.1. The van der Waals surface area contributed by atoms with Gasteiger partial charge in [0.1, 0.15) is 34.0 Å². The molecule has 1 aromatic heterocycles. The van der Waals surface area contributed by atoms with E-state index in [1.807, 2.05) is 0 Å². The minimum absolute atomic E-state index is 0.0207. The van der Waals surface area contributed by atoms with Crippen LogP contribution in [0.2, 0.25) is 0 Å². The van der Waals surface area contributed by atoms with Crippen LogP contribution in [0.25, 0.3) is 22.8 Å². The van der Waals surface area contributed by atoms with Gasteiger partial charge in [-0.05, 0) is 30.4 Å². The third-order valence-electron chi connectivity index (χ3n) is 3.47. The van der Waals surface area contributed by atoms with E-state index in [0.717, 1.165) is 0 Å². The number of aryl methyl sites for hydroxylation is 1. The Morgan fingerprint density at radius 1 is 1.29 bits per heavy atom. The largest absolute Gasteiger partial charge is 0.511 e. The second-order valence-corrected chi connectivity index (χ2v) is 4.89. The third-order valence-corrected chi connectivity index (χ3v) is 3.47. The molecule has 1 heterocycles. The summed E-state index contributed by atoms with van der Waals surface area (Å²) >= 11 is 0. The minimum Gasteiger partial charge on any atom is -0.511 e. The highest BCUT2D eigenvalue weighted by molar-refractivity contribution is 5.84. The molecular weight excluding hydrogens is 272 g/mol. The number of methoxy groups -OCH3 is 1. The maximum absolute atomic E-state index is 12.1. The molecular formula is C16H14O5. The molecule has 2 N–H and O–H groups in total. The number of phenolic OH excluding ortho intramolecular Hbond substituents is 1. The lowest BCUT2D eigenvalue weighted by molar-refractivity contribution is 0.312. The average molecular weight is 286 g/mol. The van der Waals surface area contributed by atoms with Gasteiger partial charge in [-0.3, -0.25) is 4.79 Å². The van der Waals surface area contributed by atoms with E-state index in [0.29, 0.717) is 16.7 Å². The van der Waals surface area contributed by atoms with Crippen LogP contribution in [0.4, 0.5) is 0 Å². The van der Waals surface area contributed by atoms with Crippen molar-refractivity contribution in [2.24, 2.45) is 0 Å². The molecule has 2 aromatic rings. The van der Waals surface area contributed by atoms with Crippen LogP contribution in [0.1, 0.15) is 12.2 Å². The van der Waals surface area contributed by atoms with Gasteiger partial charge in [0.05, 0.1) is 12.3 Å². The van der Waals surface area contributed by atoms with E-state index in [4.69, 9.17) is 9.15 Å². The van der Waals surface area contributed by atoms with Crippen LogP contribution in [-0.4, -0.2) is 17.3 Å². The molecule has 108 valence electrons. The van der Waals surface area contributed by atoms with Crippen LogP contribution in [0.3, 0.4) is 0 Å². The zero-order valence-electron chi connectivity index (χ0n) is 11.6. The molecule has 1 aromatic carbocycles. The standard InChI is InChI=1S/C16H14O5/c1-8-5-12(18)15-13(21-8)7-9-6-10(20-2)3-4-11(17)14(9)16(15)19/h3,5-7,17,19H,4H2,1-2H3. The number of rotatable bonds is 1. The molecule has 0 radical (unpaired) electrons. The first-order chi connectivity index (χ1) is 10.0. The Morgan fingerprint density at radius 3 is 2.76 bits per heavy atom. The Hall–Kier alpha value is -2.69. The van der Waals surface area contributed by atoms with Crippen LogP contribution >= 0.6 is 0 Å². The van der Waals surface area contributed by atoms with Gasteiger partial charge in [0.15, 0.2) is 5.43 Å². The molecule has 0 atom stereocenters.